The molecule has 0 atom stereocenters. The molecule has 0 aliphatic heterocycles. The first-order valence-corrected chi connectivity index (χ1v) is 9.92. The van der Waals surface area contributed by atoms with E-state index in [0.717, 1.165) is 49.4 Å². The van der Waals surface area contributed by atoms with Crippen LogP contribution in [0.4, 0.5) is 4.39 Å². The molecule has 0 aromatic carbocycles. The zero-order valence-electron chi connectivity index (χ0n) is 15.3. The normalized spacial score (nSPS) is 11.5. The number of pyridine rings is 2. The van der Waals surface area contributed by atoms with Gasteiger partial charge in [-0.25, -0.2) is 4.98 Å². The van der Waals surface area contributed by atoms with Gasteiger partial charge >= 0.3 is 0 Å². The lowest BCUT2D eigenvalue weighted by Crippen LogP contribution is -1.89. The molecule has 30 heavy (non-hydrogen) atoms. The maximum Gasteiger partial charge on any atom is 0.176 e. The van der Waals surface area contributed by atoms with Crippen molar-refractivity contribution in [1.29, 1.82) is 0 Å². The maximum absolute atomic E-state index is 13.6. The molecule has 0 saturated carbocycles. The van der Waals surface area contributed by atoms with Gasteiger partial charge in [0.1, 0.15) is 16.9 Å². The molecule has 0 amide bonds. The van der Waals surface area contributed by atoms with Crippen LogP contribution in [0.5, 0.6) is 0 Å². The minimum atomic E-state index is -0.225. The van der Waals surface area contributed by atoms with E-state index in [4.69, 9.17) is 4.98 Å². The lowest BCUT2D eigenvalue weighted by molar-refractivity contribution is 0.657. The van der Waals surface area contributed by atoms with Gasteiger partial charge in [-0.15, -0.1) is 11.3 Å². The summed E-state index contributed by atoms with van der Waals surface area (Å²) in [5, 5.41) is 8.22. The monoisotopic (exact) mass is 413 g/mol. The third-order valence-corrected chi connectivity index (χ3v) is 5.78. The molecule has 9 heteroatoms. The predicted octanol–water partition coefficient (Wildman–Crippen LogP) is 4.83. The molecular formula is C21H12FN7S. The molecule has 7 nitrogen and oxygen atoms in total. The van der Waals surface area contributed by atoms with Crippen LogP contribution in [-0.2, 0) is 0 Å². The van der Waals surface area contributed by atoms with Crippen LogP contribution in [0.3, 0.4) is 0 Å². The SMILES string of the molecule is Fc1ccc(-c2cncc3[nH]c(-c4n[nH]c5ccc(-c6cnccn6)nc45)cc23)s1. The van der Waals surface area contributed by atoms with Gasteiger partial charge in [-0.2, -0.15) is 9.49 Å². The highest BCUT2D eigenvalue weighted by Gasteiger charge is 2.16. The molecule has 144 valence electrons. The summed E-state index contributed by atoms with van der Waals surface area (Å²) in [5.41, 5.74) is 6.15. The number of rotatable bonds is 3. The topological polar surface area (TPSA) is 96.0 Å². The molecule has 0 spiro atoms. The van der Waals surface area contributed by atoms with Crippen LogP contribution in [0.1, 0.15) is 0 Å². The van der Waals surface area contributed by atoms with Crippen LogP contribution in [0.2, 0.25) is 0 Å². The molecular weight excluding hydrogens is 401 g/mol. The fourth-order valence-electron chi connectivity index (χ4n) is 3.49. The zero-order valence-corrected chi connectivity index (χ0v) is 16.1. The lowest BCUT2D eigenvalue weighted by Gasteiger charge is -1.99. The van der Waals surface area contributed by atoms with E-state index in [2.05, 4.69) is 30.1 Å². The highest BCUT2D eigenvalue weighted by molar-refractivity contribution is 7.14. The smallest absolute Gasteiger partial charge is 0.176 e. The summed E-state index contributed by atoms with van der Waals surface area (Å²) in [7, 11) is 0. The standard InChI is InChI=1S/C21H12FN7S/c22-19-4-3-18(30-19)12-8-24-9-16-11(12)7-15(26-16)21-20-14(28-29-21)2-1-13(27-20)17-10-23-5-6-25-17/h1-10,26H,(H,28,29). The molecule has 0 aliphatic rings. The molecule has 0 unspecified atom stereocenters. The zero-order chi connectivity index (χ0) is 20.1. The number of hydrogen-bond donors (Lipinski definition) is 2. The van der Waals surface area contributed by atoms with E-state index in [-0.39, 0.29) is 5.13 Å². The van der Waals surface area contributed by atoms with Crippen molar-refractivity contribution in [3.63, 3.8) is 0 Å². The Labute approximate surface area is 172 Å². The van der Waals surface area contributed by atoms with Crippen LogP contribution in [-0.4, -0.2) is 35.1 Å². The minimum absolute atomic E-state index is 0.225. The molecule has 0 fully saturated rings. The molecule has 6 aromatic rings. The van der Waals surface area contributed by atoms with E-state index in [1.54, 1.807) is 37.1 Å². The Balaban J connectivity index is 1.52. The first kappa shape index (κ1) is 16.9. The first-order valence-electron chi connectivity index (χ1n) is 9.10. The van der Waals surface area contributed by atoms with Gasteiger partial charge in [-0.05, 0) is 30.3 Å². The van der Waals surface area contributed by atoms with Crippen LogP contribution >= 0.6 is 11.3 Å². The molecule has 0 bridgehead atoms. The fourth-order valence-corrected chi connectivity index (χ4v) is 4.25. The summed E-state index contributed by atoms with van der Waals surface area (Å²) in [5.74, 6) is 0. The number of fused-ring (bicyclic) bond motifs is 2. The molecule has 6 aromatic heterocycles. The molecule has 6 heterocycles. The molecule has 2 N–H and O–H groups in total. The summed E-state index contributed by atoms with van der Waals surface area (Å²) >= 11 is 1.10. The molecule has 6 rings (SSSR count). The summed E-state index contributed by atoms with van der Waals surface area (Å²) in [4.78, 5) is 21.7. The number of hydrogen-bond acceptors (Lipinski definition) is 6. The van der Waals surface area contributed by atoms with Crippen molar-refractivity contribution in [2.24, 2.45) is 0 Å². The van der Waals surface area contributed by atoms with E-state index in [0.29, 0.717) is 17.1 Å². The second-order valence-electron chi connectivity index (χ2n) is 6.69. The van der Waals surface area contributed by atoms with Crippen LogP contribution < -0.4 is 0 Å². The first-order chi connectivity index (χ1) is 14.8. The summed E-state index contributed by atoms with van der Waals surface area (Å²) in [6.07, 6.45) is 8.44. The summed E-state index contributed by atoms with van der Waals surface area (Å²) < 4.78 is 13.6. The molecule has 0 saturated heterocycles. The third-order valence-electron chi connectivity index (χ3n) is 4.87. The highest BCUT2D eigenvalue weighted by atomic mass is 32.1. The average molecular weight is 413 g/mol. The van der Waals surface area contributed by atoms with E-state index in [9.17, 15) is 4.39 Å². The third kappa shape index (κ3) is 2.67. The number of aromatic amines is 2. The summed E-state index contributed by atoms with van der Waals surface area (Å²) in [6.45, 7) is 0. The van der Waals surface area contributed by atoms with Crippen molar-refractivity contribution in [3.05, 3.63) is 66.4 Å². The van der Waals surface area contributed by atoms with Crippen LogP contribution in [0, 0.1) is 5.13 Å². The van der Waals surface area contributed by atoms with Crippen molar-refractivity contribution in [2.75, 3.05) is 0 Å². The highest BCUT2D eigenvalue weighted by Crippen LogP contribution is 2.35. The Morgan fingerprint density at radius 1 is 0.900 bits per heavy atom. The lowest BCUT2D eigenvalue weighted by atomic mass is 10.1. The van der Waals surface area contributed by atoms with Crippen molar-refractivity contribution in [3.8, 4) is 33.2 Å². The van der Waals surface area contributed by atoms with Crippen LogP contribution in [0.15, 0.2) is 61.3 Å². The second-order valence-corrected chi connectivity index (χ2v) is 7.72. The van der Waals surface area contributed by atoms with Gasteiger partial charge in [-0.1, -0.05) is 0 Å². The van der Waals surface area contributed by atoms with Gasteiger partial charge in [0.25, 0.3) is 0 Å². The minimum Gasteiger partial charge on any atom is -0.352 e. The van der Waals surface area contributed by atoms with E-state index < -0.39 is 0 Å². The Morgan fingerprint density at radius 2 is 1.87 bits per heavy atom. The van der Waals surface area contributed by atoms with Gasteiger partial charge in [0.05, 0.1) is 34.8 Å². The van der Waals surface area contributed by atoms with Gasteiger partial charge in [0.15, 0.2) is 5.13 Å². The Kier molecular flexibility index (Phi) is 3.68. The van der Waals surface area contributed by atoms with Gasteiger partial charge < -0.3 is 4.98 Å². The van der Waals surface area contributed by atoms with Crippen molar-refractivity contribution in [2.45, 2.75) is 0 Å². The van der Waals surface area contributed by atoms with Gasteiger partial charge in [0, 0.05) is 34.4 Å². The van der Waals surface area contributed by atoms with E-state index in [1.165, 1.54) is 6.07 Å². The second kappa shape index (κ2) is 6.53. The number of aromatic nitrogens is 7. The molecule has 0 aliphatic carbocycles. The fraction of sp³-hybridized carbons (Fsp3) is 0. The Hall–Kier alpha value is -3.98. The Morgan fingerprint density at radius 3 is 2.70 bits per heavy atom. The van der Waals surface area contributed by atoms with Crippen molar-refractivity contribution >= 4 is 33.3 Å². The number of nitrogens with one attached hydrogen (secondary N) is 2. The predicted molar refractivity (Wildman–Crippen MR) is 113 cm³/mol. The van der Waals surface area contributed by atoms with E-state index in [1.807, 2.05) is 18.2 Å². The Bertz CT molecular complexity index is 1520. The average Bonchev–Trinajstić information content (AvgIpc) is 3.51. The van der Waals surface area contributed by atoms with Crippen molar-refractivity contribution < 1.29 is 4.39 Å². The van der Waals surface area contributed by atoms with Gasteiger partial charge in [0.2, 0.25) is 0 Å². The maximum atomic E-state index is 13.6. The van der Waals surface area contributed by atoms with E-state index >= 15 is 0 Å². The molecule has 0 radical (unpaired) electrons. The largest absolute Gasteiger partial charge is 0.352 e. The van der Waals surface area contributed by atoms with Crippen molar-refractivity contribution in [1.82, 2.24) is 35.1 Å². The summed E-state index contributed by atoms with van der Waals surface area (Å²) in [6, 6.07) is 9.03. The number of H-pyrrole nitrogens is 2. The quantitative estimate of drug-likeness (QED) is 0.433. The number of nitrogens with zero attached hydrogens (tertiary/aromatic N) is 5. The number of thiophene rings is 1. The van der Waals surface area contributed by atoms with Gasteiger partial charge in [-0.3, -0.25) is 20.1 Å². The number of halogens is 1. The van der Waals surface area contributed by atoms with Crippen LogP contribution in [0.25, 0.3) is 55.2 Å².